The molecule has 0 saturated heterocycles. The van der Waals surface area contributed by atoms with Gasteiger partial charge in [-0.2, -0.15) is 5.26 Å². The number of rotatable bonds is 7. The Kier molecular flexibility index (Phi) is 6.79. The van der Waals surface area contributed by atoms with Crippen LogP contribution >= 0.6 is 15.9 Å². The number of ether oxygens (including phenoxy) is 1. The highest BCUT2D eigenvalue weighted by Crippen LogP contribution is 2.36. The van der Waals surface area contributed by atoms with Crippen molar-refractivity contribution in [2.24, 2.45) is 0 Å². The molecule has 9 nitrogen and oxygen atoms in total. The van der Waals surface area contributed by atoms with E-state index in [9.17, 15) is 18.9 Å². The smallest absolute Gasteiger partial charge is 0.406 e. The molecule has 0 saturated carbocycles. The molecule has 1 unspecified atom stereocenters. The summed E-state index contributed by atoms with van der Waals surface area (Å²) in [4.78, 5) is 22.6. The van der Waals surface area contributed by atoms with E-state index in [0.717, 1.165) is 6.20 Å². The van der Waals surface area contributed by atoms with Crippen LogP contribution in [0.15, 0.2) is 59.7 Å². The van der Waals surface area contributed by atoms with E-state index in [1.54, 1.807) is 11.5 Å². The Morgan fingerprint density at radius 3 is 2.69 bits per heavy atom. The zero-order chi connectivity index (χ0) is 25.1. The number of pyridine rings is 2. The summed E-state index contributed by atoms with van der Waals surface area (Å²) in [7, 11) is 0. The third-order valence-corrected chi connectivity index (χ3v) is 5.47. The van der Waals surface area contributed by atoms with Gasteiger partial charge in [0.15, 0.2) is 11.9 Å². The normalized spacial score (nSPS) is 11.6. The van der Waals surface area contributed by atoms with Crippen LogP contribution in [-0.2, 0) is 6.54 Å². The lowest BCUT2D eigenvalue weighted by atomic mass is 9.95. The van der Waals surface area contributed by atoms with E-state index in [4.69, 9.17) is 10.00 Å². The van der Waals surface area contributed by atoms with Crippen molar-refractivity contribution in [3.63, 3.8) is 0 Å². The van der Waals surface area contributed by atoms with Gasteiger partial charge in [-0.05, 0) is 56.5 Å². The molecule has 0 spiro atoms. The molecule has 3 aromatic heterocycles. The van der Waals surface area contributed by atoms with Crippen molar-refractivity contribution in [3.05, 3.63) is 98.4 Å². The summed E-state index contributed by atoms with van der Waals surface area (Å²) in [6.07, 6.45) is 4.41. The van der Waals surface area contributed by atoms with Crippen molar-refractivity contribution in [1.82, 2.24) is 19.5 Å². The third kappa shape index (κ3) is 5.30. The average molecular weight is 541 g/mol. The topological polar surface area (TPSA) is 120 Å². The number of nitrogens with zero attached hydrogens (tertiary/aromatic N) is 6. The van der Waals surface area contributed by atoms with Crippen LogP contribution in [0.5, 0.6) is 5.75 Å². The standard InChI is InChI=1S/C23H15BrF2N6O3/c1-13(35-22-4-14(24)8-29-23(22)32(33)34)19-5-15(25)2-3-18(19)20-6-16(26)9-28-21(20)11-31-10-17(7-27)30-12-31/h2-6,8-10,12-13H,11H2,1H3. The van der Waals surface area contributed by atoms with Gasteiger partial charge in [0.25, 0.3) is 0 Å². The lowest BCUT2D eigenvalue weighted by Crippen LogP contribution is -2.09. The Hall–Kier alpha value is -4.24. The molecule has 0 fully saturated rings. The Balaban J connectivity index is 1.77. The Morgan fingerprint density at radius 2 is 1.97 bits per heavy atom. The fourth-order valence-corrected chi connectivity index (χ4v) is 3.82. The van der Waals surface area contributed by atoms with E-state index in [1.165, 1.54) is 49.1 Å². The van der Waals surface area contributed by atoms with E-state index in [1.807, 2.05) is 6.07 Å². The van der Waals surface area contributed by atoms with Crippen molar-refractivity contribution in [3.8, 4) is 22.9 Å². The van der Waals surface area contributed by atoms with Crippen molar-refractivity contribution >= 4 is 21.7 Å². The Bertz CT molecular complexity index is 1470. The number of benzene rings is 1. The second-order valence-electron chi connectivity index (χ2n) is 7.41. The van der Waals surface area contributed by atoms with Gasteiger partial charge in [-0.1, -0.05) is 6.07 Å². The maximum absolute atomic E-state index is 14.3. The molecule has 1 atom stereocenters. The Labute approximate surface area is 205 Å². The highest BCUT2D eigenvalue weighted by atomic mass is 79.9. The first-order valence-electron chi connectivity index (χ1n) is 10.1. The van der Waals surface area contributed by atoms with Crippen LogP contribution in [0.3, 0.4) is 0 Å². The van der Waals surface area contributed by atoms with Crippen LogP contribution in [0.1, 0.15) is 30.0 Å². The molecule has 1 aromatic carbocycles. The van der Waals surface area contributed by atoms with Gasteiger partial charge in [-0.15, -0.1) is 0 Å². The number of nitriles is 1. The fourth-order valence-electron chi connectivity index (χ4n) is 3.51. The minimum Gasteiger partial charge on any atom is -0.478 e. The molecule has 35 heavy (non-hydrogen) atoms. The third-order valence-electron chi connectivity index (χ3n) is 5.03. The second kappa shape index (κ2) is 9.94. The van der Waals surface area contributed by atoms with E-state index >= 15 is 0 Å². The van der Waals surface area contributed by atoms with Crippen LogP contribution in [0.4, 0.5) is 14.6 Å². The van der Waals surface area contributed by atoms with E-state index < -0.39 is 28.5 Å². The summed E-state index contributed by atoms with van der Waals surface area (Å²) >= 11 is 3.21. The summed E-state index contributed by atoms with van der Waals surface area (Å²) in [6.45, 7) is 1.75. The molecule has 12 heteroatoms. The molecular weight excluding hydrogens is 526 g/mol. The number of hydrogen-bond acceptors (Lipinski definition) is 7. The first-order valence-corrected chi connectivity index (χ1v) is 10.9. The lowest BCUT2D eigenvalue weighted by Gasteiger charge is -2.20. The maximum Gasteiger partial charge on any atom is 0.406 e. The van der Waals surface area contributed by atoms with Crippen LogP contribution < -0.4 is 4.74 Å². The number of halogens is 3. The molecule has 0 aliphatic rings. The molecule has 0 amide bonds. The largest absolute Gasteiger partial charge is 0.478 e. The summed E-state index contributed by atoms with van der Waals surface area (Å²) in [6, 6.07) is 8.48. The van der Waals surface area contributed by atoms with Gasteiger partial charge >= 0.3 is 5.82 Å². The number of hydrogen-bond donors (Lipinski definition) is 0. The molecule has 0 aliphatic heterocycles. The van der Waals surface area contributed by atoms with E-state index in [-0.39, 0.29) is 18.0 Å². The highest BCUT2D eigenvalue weighted by Gasteiger charge is 2.23. The van der Waals surface area contributed by atoms with E-state index in [0.29, 0.717) is 26.9 Å². The SMILES string of the molecule is CC(Oc1cc(Br)cnc1[N+](=O)[O-])c1cc(F)ccc1-c1cc(F)cnc1Cn1cnc(C#N)c1. The number of imidazole rings is 1. The first kappa shape index (κ1) is 23.9. The molecule has 0 aliphatic carbocycles. The highest BCUT2D eigenvalue weighted by molar-refractivity contribution is 9.10. The quantitative estimate of drug-likeness (QED) is 0.229. The van der Waals surface area contributed by atoms with Crippen molar-refractivity contribution < 1.29 is 18.4 Å². The Morgan fingerprint density at radius 1 is 1.17 bits per heavy atom. The predicted molar refractivity (Wildman–Crippen MR) is 123 cm³/mol. The van der Waals surface area contributed by atoms with Crippen LogP contribution in [0.25, 0.3) is 11.1 Å². The van der Waals surface area contributed by atoms with E-state index in [2.05, 4.69) is 30.9 Å². The van der Waals surface area contributed by atoms with Crippen molar-refractivity contribution in [2.75, 3.05) is 0 Å². The minimum atomic E-state index is -0.884. The average Bonchev–Trinajstić information content (AvgIpc) is 3.28. The number of nitro groups is 1. The zero-order valence-corrected chi connectivity index (χ0v) is 19.6. The molecule has 0 bridgehead atoms. The predicted octanol–water partition coefficient (Wildman–Crippen LogP) is 5.35. The molecule has 3 heterocycles. The molecular formula is C23H15BrF2N6O3. The van der Waals surface area contributed by atoms with Gasteiger partial charge in [0.2, 0.25) is 5.75 Å². The monoisotopic (exact) mass is 540 g/mol. The van der Waals surface area contributed by atoms with Crippen LogP contribution in [0.2, 0.25) is 0 Å². The summed E-state index contributed by atoms with van der Waals surface area (Å²) in [5, 5.41) is 20.4. The van der Waals surface area contributed by atoms with Crippen LogP contribution in [0, 0.1) is 33.1 Å². The molecule has 4 rings (SSSR count). The molecule has 0 radical (unpaired) electrons. The van der Waals surface area contributed by atoms with Crippen LogP contribution in [-0.4, -0.2) is 24.4 Å². The number of aromatic nitrogens is 4. The second-order valence-corrected chi connectivity index (χ2v) is 8.33. The fraction of sp³-hybridized carbons (Fsp3) is 0.130. The van der Waals surface area contributed by atoms with Gasteiger partial charge in [0.1, 0.15) is 23.8 Å². The summed E-state index contributed by atoms with van der Waals surface area (Å²) in [5.41, 5.74) is 1.75. The first-order chi connectivity index (χ1) is 16.7. The maximum atomic E-state index is 14.3. The molecule has 176 valence electrons. The summed E-state index contributed by atoms with van der Waals surface area (Å²) < 4.78 is 36.4. The van der Waals surface area contributed by atoms with Crippen molar-refractivity contribution in [2.45, 2.75) is 19.6 Å². The van der Waals surface area contributed by atoms with Gasteiger partial charge in [0, 0.05) is 23.4 Å². The van der Waals surface area contributed by atoms with Gasteiger partial charge in [0.05, 0.1) is 29.2 Å². The van der Waals surface area contributed by atoms with Gasteiger partial charge < -0.3 is 19.4 Å². The minimum absolute atomic E-state index is 0.118. The molecule has 0 N–H and O–H groups in total. The van der Waals surface area contributed by atoms with Gasteiger partial charge in [-0.25, -0.2) is 13.8 Å². The summed E-state index contributed by atoms with van der Waals surface area (Å²) in [5.74, 6) is -1.80. The zero-order valence-electron chi connectivity index (χ0n) is 18.0. The lowest BCUT2D eigenvalue weighted by molar-refractivity contribution is -0.390. The molecule has 4 aromatic rings. The van der Waals surface area contributed by atoms with Gasteiger partial charge in [-0.3, -0.25) is 4.98 Å². The van der Waals surface area contributed by atoms with Crippen molar-refractivity contribution in [1.29, 1.82) is 5.26 Å².